The Morgan fingerprint density at radius 2 is 1.49 bits per heavy atom. The number of carbonyl (C=O) groups excluding carboxylic acids is 4. The van der Waals surface area contributed by atoms with Gasteiger partial charge in [-0.1, -0.05) is 65.5 Å². The third-order valence-corrected chi connectivity index (χ3v) is 15.3. The molecule has 10 rings (SSSR count). The lowest BCUT2D eigenvalue weighted by atomic mass is 9.77. The van der Waals surface area contributed by atoms with Crippen molar-refractivity contribution in [2.45, 2.75) is 170 Å². The van der Waals surface area contributed by atoms with Crippen molar-refractivity contribution >= 4 is 73.3 Å². The van der Waals surface area contributed by atoms with Crippen LogP contribution in [0.5, 0.6) is 11.5 Å². The van der Waals surface area contributed by atoms with Crippen LogP contribution in [-0.2, 0) is 57.0 Å². The zero-order chi connectivity index (χ0) is 58.4. The van der Waals surface area contributed by atoms with E-state index < -0.39 is 94.5 Å². The molecule has 3 fully saturated rings. The van der Waals surface area contributed by atoms with E-state index >= 15 is 0 Å². The summed E-state index contributed by atoms with van der Waals surface area (Å²) < 4.78 is 72.1. The number of nitrogens with zero attached hydrogens (tertiary/aromatic N) is 1. The summed E-state index contributed by atoms with van der Waals surface area (Å²) in [5.41, 5.74) is -0.0535. The Morgan fingerprint density at radius 1 is 0.840 bits per heavy atom. The summed E-state index contributed by atoms with van der Waals surface area (Å²) in [5.74, 6) is -7.97. The van der Waals surface area contributed by atoms with Crippen LogP contribution in [0.15, 0.2) is 69.6 Å². The molecule has 6 aliphatic heterocycles. The number of hydrogen-bond donors (Lipinski definition) is 2. The lowest BCUT2D eigenvalue weighted by Gasteiger charge is -2.50. The van der Waals surface area contributed by atoms with E-state index in [-0.39, 0.29) is 93.8 Å². The molecule has 1 aromatic heterocycles. The first kappa shape index (κ1) is 62.6. The molecule has 6 aliphatic rings. The number of amides is 1. The minimum Gasteiger partial charge on any atom is -0.505 e. The molecule has 3 aromatic carbocycles. The SMILES string of the molecule is C.CC1(C)OCC(CCC(=O)Cl)O1.CO[C@H]1/C=C/O[C@@]2(C)Oc3c(C)c(=O)c4c(O)c(c5oc6ccccc6nc5c4c3C2=O)NC(=O)/C(C)=C\C=C\[C@H](C)[C@@H]2OC(C)(C)O[C@@H]([C@@H](C)[C@H](OC(=O)OCC3COC(C)(C)O3)[C@@H]1C)[C@@H]2C. The van der Waals surface area contributed by atoms with Gasteiger partial charge in [-0.25, -0.2) is 9.78 Å². The molecule has 4 aromatic rings. The van der Waals surface area contributed by atoms with Crippen LogP contribution in [0.25, 0.3) is 33.0 Å². The van der Waals surface area contributed by atoms with Gasteiger partial charge in [-0.3, -0.25) is 19.2 Å². The van der Waals surface area contributed by atoms with Gasteiger partial charge < -0.3 is 66.9 Å². The summed E-state index contributed by atoms with van der Waals surface area (Å²) in [7, 11) is 1.49. The third kappa shape index (κ3) is 13.4. The number of rotatable bonds is 7. The largest absolute Gasteiger partial charge is 0.508 e. The number of hydrogen-bond acceptors (Lipinski definition) is 19. The number of carbonyl (C=O) groups is 4. The first-order valence-electron chi connectivity index (χ1n) is 26.9. The molecule has 1 amide bonds. The molecule has 20 nitrogen and oxygen atoms in total. The number of fused-ring (bicyclic) bond motifs is 10. The lowest BCUT2D eigenvalue weighted by Crippen LogP contribution is -2.56. The van der Waals surface area contributed by atoms with Crippen LogP contribution < -0.4 is 15.5 Å². The summed E-state index contributed by atoms with van der Waals surface area (Å²) in [5, 5.41) is 14.2. The number of halogens is 1. The van der Waals surface area contributed by atoms with Crippen molar-refractivity contribution in [3.8, 4) is 11.5 Å². The molecule has 3 saturated heterocycles. The van der Waals surface area contributed by atoms with Gasteiger partial charge in [0.05, 0.1) is 54.8 Å². The second-order valence-electron chi connectivity index (χ2n) is 22.6. The van der Waals surface area contributed by atoms with Crippen molar-refractivity contribution in [2.24, 2.45) is 23.7 Å². The molecule has 0 aliphatic carbocycles. The van der Waals surface area contributed by atoms with Crippen LogP contribution in [0.3, 0.4) is 0 Å². The second kappa shape index (κ2) is 24.5. The monoisotopic (exact) mass is 1150 g/mol. The Labute approximate surface area is 476 Å². The Morgan fingerprint density at radius 3 is 2.14 bits per heavy atom. The van der Waals surface area contributed by atoms with Gasteiger partial charge >= 0.3 is 11.9 Å². The van der Waals surface area contributed by atoms with Crippen molar-refractivity contribution in [3.63, 3.8) is 0 Å². The lowest BCUT2D eigenvalue weighted by molar-refractivity contribution is -0.336. The average molecular weight is 1150 g/mol. The van der Waals surface area contributed by atoms with E-state index in [1.54, 1.807) is 63.3 Å². The van der Waals surface area contributed by atoms with Crippen molar-refractivity contribution in [2.75, 3.05) is 32.2 Å². The van der Waals surface area contributed by atoms with Gasteiger partial charge in [0.25, 0.3) is 11.7 Å². The molecule has 21 heteroatoms. The molecule has 0 radical (unpaired) electrons. The van der Waals surface area contributed by atoms with E-state index in [0.29, 0.717) is 30.5 Å². The zero-order valence-corrected chi connectivity index (χ0v) is 48.5. The van der Waals surface area contributed by atoms with Crippen molar-refractivity contribution in [1.82, 2.24) is 4.98 Å². The number of methoxy groups -OCH3 is 1. The standard InChI is InChI=1S/C51H60N2O15.C8H13ClO3.CH4/c1-24-16-15-17-25(2)47(57)53-38-40(55)35-34(37-45(38)63-33-19-14-13-18-31(33)52-37)36-44(27(4)39(35)54)68-51(11,46(36)56)61-21-20-32(59-12)26(3)42(29(6)43-28(5)41(24)66-50(9,10)67-43)64-48(58)60-22-30-23-62-49(7,8)65-30;1-8(2)11-5-6(12-8)3-4-7(9)10;/h13-21,24,26,28-30,32,41-43,55H,22-23H2,1-12H3,(H,53,57);6H,3-5H2,1-2H3;1H4/b16-15+,21-20+,25-17-;;/t24-,26+,28+,29-,30?,32-,41-,42+,43+,51-;;/m0../s1. The summed E-state index contributed by atoms with van der Waals surface area (Å²) in [6.07, 6.45) is 5.09. The first-order valence-corrected chi connectivity index (χ1v) is 27.2. The number of benzene rings is 3. The van der Waals surface area contributed by atoms with E-state index in [4.69, 9.17) is 73.1 Å². The number of nitrogens with one attached hydrogen (secondary N) is 1. The van der Waals surface area contributed by atoms with E-state index in [1.807, 2.05) is 61.5 Å². The number of ketones is 1. The summed E-state index contributed by atoms with van der Waals surface area (Å²) in [6.45, 7) is 23.9. The highest BCUT2D eigenvalue weighted by Gasteiger charge is 2.51. The normalized spacial score (nSPS) is 31.2. The number of allylic oxidation sites excluding steroid dienone is 2. The zero-order valence-electron chi connectivity index (χ0n) is 47.7. The number of phenolic OH excluding ortho intramolecular Hbond substituents is 1. The predicted molar refractivity (Wildman–Crippen MR) is 301 cm³/mol. The maximum atomic E-state index is 14.8. The van der Waals surface area contributed by atoms with Crippen molar-refractivity contribution in [1.29, 1.82) is 0 Å². The summed E-state index contributed by atoms with van der Waals surface area (Å²) in [6, 6.07) is 6.84. The number of Topliss-reactive ketones (excluding diaryl/α,β-unsaturated/α-hetero) is 1. The molecule has 7 heterocycles. The van der Waals surface area contributed by atoms with Crippen LogP contribution in [0.2, 0.25) is 0 Å². The molecular formula is C60H77ClN2O18. The fourth-order valence-electron chi connectivity index (χ4n) is 11.0. The molecule has 7 bridgehead atoms. The highest BCUT2D eigenvalue weighted by Crippen LogP contribution is 2.49. The quantitative estimate of drug-likeness (QED) is 0.0574. The van der Waals surface area contributed by atoms with Crippen LogP contribution in [-0.4, -0.2) is 120 Å². The summed E-state index contributed by atoms with van der Waals surface area (Å²) in [4.78, 5) is 72.0. The maximum Gasteiger partial charge on any atom is 0.508 e. The smallest absolute Gasteiger partial charge is 0.505 e. The maximum absolute atomic E-state index is 14.8. The molecule has 442 valence electrons. The number of ether oxygens (including phenoxy) is 11. The predicted octanol–water partition coefficient (Wildman–Crippen LogP) is 10.9. The highest BCUT2D eigenvalue weighted by molar-refractivity contribution is 6.63. The Kier molecular flexibility index (Phi) is 18.9. The van der Waals surface area contributed by atoms with Gasteiger partial charge in [0, 0.05) is 60.6 Å². The van der Waals surface area contributed by atoms with Crippen molar-refractivity contribution < 1.29 is 80.8 Å². The average Bonchev–Trinajstić information content (AvgIpc) is 3.63. The van der Waals surface area contributed by atoms with Crippen LogP contribution in [0.4, 0.5) is 10.5 Å². The molecule has 81 heavy (non-hydrogen) atoms. The number of aromatic nitrogens is 1. The van der Waals surface area contributed by atoms with E-state index in [1.165, 1.54) is 27.2 Å². The molecule has 2 N–H and O–H groups in total. The molecule has 11 atom stereocenters. The number of aromatic hydroxyl groups is 1. The number of anilines is 1. The number of phenols is 1. The minimum atomic E-state index is -2.03. The van der Waals surface area contributed by atoms with E-state index in [9.17, 15) is 29.1 Å². The van der Waals surface area contributed by atoms with Crippen LogP contribution in [0.1, 0.15) is 119 Å². The fraction of sp³-hybridized carbons (Fsp3) is 0.567. The van der Waals surface area contributed by atoms with Crippen LogP contribution >= 0.6 is 11.6 Å². The molecule has 0 saturated carbocycles. The van der Waals surface area contributed by atoms with E-state index in [0.717, 1.165) is 0 Å². The van der Waals surface area contributed by atoms with Gasteiger partial charge in [0.1, 0.15) is 41.3 Å². The van der Waals surface area contributed by atoms with Gasteiger partial charge in [0.2, 0.25) is 5.24 Å². The van der Waals surface area contributed by atoms with Crippen LogP contribution in [0, 0.1) is 30.6 Å². The van der Waals surface area contributed by atoms with Gasteiger partial charge in [-0.15, -0.1) is 0 Å². The Bertz CT molecular complexity index is 3200. The molecular weight excluding hydrogens is 1070 g/mol. The Balaban J connectivity index is 0.000000646. The molecule has 2 unspecified atom stereocenters. The minimum absolute atomic E-state index is 0. The second-order valence-corrected chi connectivity index (χ2v) is 23.1. The summed E-state index contributed by atoms with van der Waals surface area (Å²) >= 11 is 5.19. The van der Waals surface area contributed by atoms with Gasteiger partial charge in [0.15, 0.2) is 39.7 Å². The fourth-order valence-corrected chi connectivity index (χ4v) is 11.1. The number of para-hydroxylation sites is 2. The highest BCUT2D eigenvalue weighted by atomic mass is 35.5. The van der Waals surface area contributed by atoms with E-state index in [2.05, 4.69) is 5.32 Å². The topological polar surface area (TPSA) is 245 Å². The Hall–Kier alpha value is -5.97. The van der Waals surface area contributed by atoms with Crippen molar-refractivity contribution in [3.05, 3.63) is 81.8 Å². The van der Waals surface area contributed by atoms with Gasteiger partial charge in [-0.05, 0) is 91.6 Å². The third-order valence-electron chi connectivity index (χ3n) is 15.1. The first-order chi connectivity index (χ1) is 37.5. The molecule has 0 spiro atoms. The van der Waals surface area contributed by atoms with Gasteiger partial charge in [-0.2, -0.15) is 0 Å².